The second kappa shape index (κ2) is 9.65. The molecule has 0 saturated heterocycles. The molecule has 0 aromatic rings. The van der Waals surface area contributed by atoms with Crippen LogP contribution in [0.3, 0.4) is 0 Å². The van der Waals surface area contributed by atoms with Crippen molar-refractivity contribution in [3.63, 3.8) is 0 Å². The summed E-state index contributed by atoms with van der Waals surface area (Å²) >= 11 is 0. The predicted octanol–water partition coefficient (Wildman–Crippen LogP) is 0.604. The lowest BCUT2D eigenvalue weighted by Crippen LogP contribution is -2.27. The summed E-state index contributed by atoms with van der Waals surface area (Å²) in [5.74, 6) is -0.503. The molecule has 0 aromatic heterocycles. The Morgan fingerprint density at radius 2 is 1.88 bits per heavy atom. The molecule has 0 aliphatic carbocycles. The Hall–Kier alpha value is -1.56. The number of aliphatic hydroxyl groups is 1. The van der Waals surface area contributed by atoms with E-state index in [1.807, 2.05) is 0 Å². The number of hydrogen-bond acceptors (Lipinski definition) is 5. The molecule has 0 bridgehead atoms. The van der Waals surface area contributed by atoms with E-state index < -0.39 is 12.1 Å². The summed E-state index contributed by atoms with van der Waals surface area (Å²) < 4.78 is 9.45. The largest absolute Gasteiger partial charge is 0.459 e. The molecule has 6 heteroatoms. The molecule has 0 spiro atoms. The van der Waals surface area contributed by atoms with Gasteiger partial charge in [-0.05, 0) is 19.8 Å². The average molecular weight is 245 g/mol. The van der Waals surface area contributed by atoms with Crippen molar-refractivity contribution in [2.24, 2.45) is 0 Å². The molecular formula is C11H19NO5. The zero-order chi connectivity index (χ0) is 13.1. The molecule has 0 aromatic carbocycles. The van der Waals surface area contributed by atoms with E-state index in [1.165, 1.54) is 6.92 Å². The topological polar surface area (TPSA) is 84.9 Å². The van der Waals surface area contributed by atoms with Gasteiger partial charge in [-0.1, -0.05) is 6.58 Å². The van der Waals surface area contributed by atoms with E-state index in [-0.39, 0.29) is 19.8 Å². The van der Waals surface area contributed by atoms with Crippen LogP contribution in [0.15, 0.2) is 12.2 Å². The van der Waals surface area contributed by atoms with Crippen LogP contribution in [0, 0.1) is 0 Å². The Morgan fingerprint density at radius 3 is 2.47 bits per heavy atom. The Morgan fingerprint density at radius 1 is 1.24 bits per heavy atom. The molecule has 0 atom stereocenters. The molecule has 0 fully saturated rings. The lowest BCUT2D eigenvalue weighted by Gasteiger charge is -2.07. The van der Waals surface area contributed by atoms with E-state index in [4.69, 9.17) is 14.6 Å². The third kappa shape index (κ3) is 9.37. The molecule has 0 rings (SSSR count). The van der Waals surface area contributed by atoms with Gasteiger partial charge in [-0.15, -0.1) is 0 Å². The lowest BCUT2D eigenvalue weighted by atomic mass is 10.3. The number of alkyl carbamates (subject to hydrolysis) is 1. The van der Waals surface area contributed by atoms with Crippen molar-refractivity contribution in [3.8, 4) is 0 Å². The fourth-order valence-corrected chi connectivity index (χ4v) is 0.870. The van der Waals surface area contributed by atoms with Crippen molar-refractivity contribution in [2.75, 3.05) is 26.4 Å². The van der Waals surface area contributed by atoms with Crippen molar-refractivity contribution >= 4 is 12.1 Å². The van der Waals surface area contributed by atoms with Gasteiger partial charge in [-0.3, -0.25) is 0 Å². The van der Waals surface area contributed by atoms with Crippen LogP contribution in [0.1, 0.15) is 19.8 Å². The number of ether oxygens (including phenoxy) is 2. The van der Waals surface area contributed by atoms with Gasteiger partial charge in [-0.2, -0.15) is 0 Å². The van der Waals surface area contributed by atoms with Gasteiger partial charge in [0.05, 0.1) is 0 Å². The zero-order valence-corrected chi connectivity index (χ0v) is 10.0. The summed E-state index contributed by atoms with van der Waals surface area (Å²) in [5.41, 5.74) is 0.304. The number of unbranched alkanes of at least 4 members (excludes halogenated alkanes) is 1. The van der Waals surface area contributed by atoms with Gasteiger partial charge < -0.3 is 19.9 Å². The summed E-state index contributed by atoms with van der Waals surface area (Å²) in [6.07, 6.45) is 0.765. The summed E-state index contributed by atoms with van der Waals surface area (Å²) in [5, 5.41) is 11.0. The highest BCUT2D eigenvalue weighted by Crippen LogP contribution is 1.92. The normalized spacial score (nSPS) is 9.53. The molecular weight excluding hydrogens is 226 g/mol. The molecule has 0 aliphatic heterocycles. The highest BCUT2D eigenvalue weighted by molar-refractivity contribution is 5.86. The van der Waals surface area contributed by atoms with Gasteiger partial charge >= 0.3 is 12.1 Å². The summed E-state index contributed by atoms with van der Waals surface area (Å²) in [6, 6.07) is 0. The molecule has 0 saturated carbocycles. The number of carbonyl (C=O) groups is 2. The molecule has 2 N–H and O–H groups in total. The minimum Gasteiger partial charge on any atom is -0.459 e. The Balaban J connectivity index is 3.39. The molecule has 0 aliphatic rings. The van der Waals surface area contributed by atoms with Gasteiger partial charge in [0.1, 0.15) is 13.2 Å². The van der Waals surface area contributed by atoms with Crippen molar-refractivity contribution in [3.05, 3.63) is 12.2 Å². The van der Waals surface area contributed by atoms with Crippen LogP contribution in [0.25, 0.3) is 0 Å². The molecule has 17 heavy (non-hydrogen) atoms. The van der Waals surface area contributed by atoms with Crippen LogP contribution in [0.4, 0.5) is 4.79 Å². The third-order valence-corrected chi connectivity index (χ3v) is 1.75. The predicted molar refractivity (Wildman–Crippen MR) is 61.4 cm³/mol. The number of carbonyl (C=O) groups excluding carboxylic acids is 2. The van der Waals surface area contributed by atoms with E-state index in [1.54, 1.807) is 0 Å². The molecule has 0 unspecified atom stereocenters. The van der Waals surface area contributed by atoms with Crippen LogP contribution in [-0.4, -0.2) is 43.5 Å². The van der Waals surface area contributed by atoms with Crippen LogP contribution < -0.4 is 5.32 Å². The molecule has 98 valence electrons. The Bertz CT molecular complexity index is 265. The van der Waals surface area contributed by atoms with Gasteiger partial charge in [-0.25, -0.2) is 9.59 Å². The number of aliphatic hydroxyl groups excluding tert-OH is 1. The second-order valence-corrected chi connectivity index (χ2v) is 3.41. The van der Waals surface area contributed by atoms with Crippen LogP contribution in [0.2, 0.25) is 0 Å². The minimum absolute atomic E-state index is 0.00481. The van der Waals surface area contributed by atoms with E-state index >= 15 is 0 Å². The first kappa shape index (κ1) is 15.4. The van der Waals surface area contributed by atoms with E-state index in [9.17, 15) is 9.59 Å². The van der Waals surface area contributed by atoms with Crippen molar-refractivity contribution in [2.45, 2.75) is 19.8 Å². The van der Waals surface area contributed by atoms with Gasteiger partial charge in [0, 0.05) is 18.7 Å². The summed E-state index contributed by atoms with van der Waals surface area (Å²) in [7, 11) is 0. The van der Waals surface area contributed by atoms with Gasteiger partial charge in [0.2, 0.25) is 0 Å². The smallest absolute Gasteiger partial charge is 0.407 e. The zero-order valence-electron chi connectivity index (χ0n) is 10.0. The highest BCUT2D eigenvalue weighted by atomic mass is 16.6. The summed E-state index contributed by atoms with van der Waals surface area (Å²) in [6.45, 7) is 5.52. The first-order valence-electron chi connectivity index (χ1n) is 5.42. The SMILES string of the molecule is C=C(C)C(=O)OCCOC(=O)NCCCCO. The number of rotatable bonds is 8. The monoisotopic (exact) mass is 245 g/mol. The van der Waals surface area contributed by atoms with Crippen molar-refractivity contribution in [1.82, 2.24) is 5.32 Å². The van der Waals surface area contributed by atoms with Crippen molar-refractivity contribution in [1.29, 1.82) is 0 Å². The Labute approximate surface area is 101 Å². The standard InChI is InChI=1S/C11H19NO5/c1-9(2)10(14)16-7-8-17-11(15)12-5-3-4-6-13/h13H,1,3-8H2,2H3,(H,12,15). The highest BCUT2D eigenvalue weighted by Gasteiger charge is 2.04. The third-order valence-electron chi connectivity index (χ3n) is 1.75. The lowest BCUT2D eigenvalue weighted by molar-refractivity contribution is -0.139. The maximum absolute atomic E-state index is 11.0. The quantitative estimate of drug-likeness (QED) is 0.372. The minimum atomic E-state index is -0.561. The maximum atomic E-state index is 11.0. The van der Waals surface area contributed by atoms with Crippen LogP contribution in [-0.2, 0) is 14.3 Å². The maximum Gasteiger partial charge on any atom is 0.407 e. The Kier molecular flexibility index (Phi) is 8.77. The first-order valence-corrected chi connectivity index (χ1v) is 5.42. The summed E-state index contributed by atoms with van der Waals surface area (Å²) in [4.78, 5) is 22.0. The molecule has 0 heterocycles. The molecule has 0 radical (unpaired) electrons. The van der Waals surface area contributed by atoms with E-state index in [0.717, 1.165) is 0 Å². The molecule has 1 amide bonds. The van der Waals surface area contributed by atoms with Crippen molar-refractivity contribution < 1.29 is 24.2 Å². The number of hydrogen-bond donors (Lipinski definition) is 2. The van der Waals surface area contributed by atoms with Gasteiger partial charge in [0.15, 0.2) is 0 Å². The van der Waals surface area contributed by atoms with E-state index in [0.29, 0.717) is 25.0 Å². The number of nitrogens with one attached hydrogen (secondary N) is 1. The van der Waals surface area contributed by atoms with Gasteiger partial charge in [0.25, 0.3) is 0 Å². The van der Waals surface area contributed by atoms with E-state index in [2.05, 4.69) is 11.9 Å². The molecule has 6 nitrogen and oxygen atoms in total. The van der Waals surface area contributed by atoms with Crippen LogP contribution in [0.5, 0.6) is 0 Å². The first-order chi connectivity index (χ1) is 8.07. The fourth-order valence-electron chi connectivity index (χ4n) is 0.870. The second-order valence-electron chi connectivity index (χ2n) is 3.41. The van der Waals surface area contributed by atoms with Crippen LogP contribution >= 0.6 is 0 Å². The average Bonchev–Trinajstić information content (AvgIpc) is 2.29. The number of amides is 1. The number of esters is 1. The fraction of sp³-hybridized carbons (Fsp3) is 0.636.